The van der Waals surface area contributed by atoms with Gasteiger partial charge in [-0.05, 0) is 38.5 Å². The van der Waals surface area contributed by atoms with Gasteiger partial charge >= 0.3 is 0 Å². The van der Waals surface area contributed by atoms with Crippen molar-refractivity contribution < 1.29 is 172 Å². The van der Waals surface area contributed by atoms with E-state index in [1.807, 2.05) is 39.5 Å². The van der Waals surface area contributed by atoms with Crippen molar-refractivity contribution in [1.82, 2.24) is 20.9 Å². The molecule has 13 fully saturated rings. The van der Waals surface area contributed by atoms with Crippen LogP contribution in [0.2, 0.25) is 0 Å². The fraction of sp³-hybridized carbons (Fsp3) is 1.00. The molecule has 18 atom stereocenters. The van der Waals surface area contributed by atoms with Crippen LogP contribution in [0.1, 0.15) is 80.1 Å². The third kappa shape index (κ3) is 52.9. The number of nitrogens with one attached hydrogen (secondary N) is 3. The Labute approximate surface area is 787 Å². The summed E-state index contributed by atoms with van der Waals surface area (Å²) >= 11 is 0. The number of nitrogens with zero attached hydrogens (tertiary/aromatic N) is 1. The maximum atomic E-state index is 11.5. The van der Waals surface area contributed by atoms with Crippen molar-refractivity contribution in [2.75, 3.05) is 363 Å². The number of nitrogens with two attached hydrogens (primary N) is 2. The monoisotopic (exact) mass is 1920 g/mol. The van der Waals surface area contributed by atoms with Crippen LogP contribution in [-0.2, 0) is 147 Å². The molecule has 42 heteroatoms. The van der Waals surface area contributed by atoms with E-state index >= 15 is 0 Å². The van der Waals surface area contributed by atoms with Gasteiger partial charge in [0, 0.05) is 77.4 Å². The van der Waals surface area contributed by atoms with Crippen molar-refractivity contribution in [2.24, 2.45) is 16.9 Å². The van der Waals surface area contributed by atoms with Crippen molar-refractivity contribution in [2.45, 2.75) is 218 Å². The van der Waals surface area contributed by atoms with E-state index in [4.69, 9.17) is 158 Å². The largest absolute Gasteiger partial charge is 0.389 e. The van der Waals surface area contributed by atoms with Crippen LogP contribution < -0.4 is 27.4 Å². The zero-order valence-electron chi connectivity index (χ0n) is 80.5. The highest BCUT2D eigenvalue weighted by Gasteiger charge is 2.43. The summed E-state index contributed by atoms with van der Waals surface area (Å²) < 4.78 is 177. The lowest BCUT2D eigenvalue weighted by Crippen LogP contribution is -2.49. The minimum atomic E-state index is -0.910. The standard InChI is InChI=1S/C44H80N2O18.C30H56N2O12.C15H26O6.C2H8N2/c1-4-42(27-50-15-36-21-56-36,28-51-16-37-22-57-37)62-12-33(47)9-45-7-8-46(10-34(48)13-63-43(5-2,29-52-17-38-23-58-38)30-53-18-39-24-59-39)11-35(49)14-64-44(6-3,31-54-19-40-25-60-40)32-55-20-41-26-61-41;1-3-29(19-35-11-25-15-39-25,20-36-12-26-16-40-26)43-9-23(33)7-31-5-6-32-8-24(34)10-44-30(4-2,21-37-13-27-17-41-27)22-38-14-28-18-42-28;1-2-15(9-16-3-12-6-19-12,10-17-4-13-7-20-13)11-18-5-14-8-21-14;3-1-2-4/h33-41,45,47-49H,4-32H2,1-3H3;23-28,31-34H,3-22H2,1-2H3;12-14H,2-11H2,1H3;1-4H2. The summed E-state index contributed by atoms with van der Waals surface area (Å²) in [7, 11) is 0. The Morgan fingerprint density at radius 2 is 0.421 bits per heavy atom. The maximum Gasteiger partial charge on any atom is 0.114 e. The van der Waals surface area contributed by atoms with E-state index < -0.39 is 58.5 Å². The summed E-state index contributed by atoms with van der Waals surface area (Å²) in [5.74, 6) is 0. The summed E-state index contributed by atoms with van der Waals surface area (Å²) in [6, 6.07) is 0. The Kier molecular flexibility index (Phi) is 53.5. The summed E-state index contributed by atoms with van der Waals surface area (Å²) in [5, 5.41) is 64.8. The Hall–Kier alpha value is -1.68. The van der Waals surface area contributed by atoms with Gasteiger partial charge in [0.1, 0.15) is 107 Å². The minimum absolute atomic E-state index is 0.0179. The molecule has 0 saturated carbocycles. The quantitative estimate of drug-likeness (QED) is 0.0220. The minimum Gasteiger partial charge on any atom is -0.389 e. The van der Waals surface area contributed by atoms with Crippen molar-refractivity contribution >= 4 is 0 Å². The van der Waals surface area contributed by atoms with Crippen LogP contribution in [-0.4, -0.2) is 531 Å². The van der Waals surface area contributed by atoms with Crippen LogP contribution in [0.25, 0.3) is 0 Å². The number of hydrogen-bond acceptors (Lipinski definition) is 42. The average molecular weight is 1920 g/mol. The zero-order valence-corrected chi connectivity index (χ0v) is 80.5. The van der Waals surface area contributed by atoms with Gasteiger partial charge in [-0.25, -0.2) is 0 Å². The first-order valence-electron chi connectivity index (χ1n) is 49.1. The molecule has 13 aliphatic rings. The molecular formula is C91H170N6O36. The summed E-state index contributed by atoms with van der Waals surface area (Å²) in [6.45, 7) is 39.1. The smallest absolute Gasteiger partial charge is 0.114 e. The number of aliphatic hydroxyl groups excluding tert-OH is 5. The second kappa shape index (κ2) is 62.8. The van der Waals surface area contributed by atoms with Crippen molar-refractivity contribution in [3.63, 3.8) is 0 Å². The Bertz CT molecular complexity index is 2660. The maximum absolute atomic E-state index is 11.5. The second-order valence-electron chi connectivity index (χ2n) is 37.4. The Balaban J connectivity index is 0.000000227. The van der Waals surface area contributed by atoms with Gasteiger partial charge in [-0.3, -0.25) is 4.90 Å². The normalized spacial score (nSPS) is 28.3. The molecule has 0 spiro atoms. The molecule has 0 aromatic carbocycles. The summed E-state index contributed by atoms with van der Waals surface area (Å²) in [4.78, 5) is 1.97. The molecule has 13 aliphatic heterocycles. The molecule has 0 aromatic heterocycles. The number of aliphatic hydroxyl groups is 5. The van der Waals surface area contributed by atoms with E-state index in [0.717, 1.165) is 52.7 Å². The van der Waals surface area contributed by atoms with Crippen molar-refractivity contribution in [3.8, 4) is 0 Å². The average Bonchev–Trinajstić information content (AvgIpc) is 1.50. The summed E-state index contributed by atoms with van der Waals surface area (Å²) in [6.07, 6.45) is 2.38. The van der Waals surface area contributed by atoms with E-state index in [1.165, 1.54) is 0 Å². The Morgan fingerprint density at radius 3 is 0.579 bits per heavy atom. The van der Waals surface area contributed by atoms with Crippen LogP contribution in [0, 0.1) is 5.41 Å². The number of rotatable bonds is 90. The third-order valence-corrected chi connectivity index (χ3v) is 24.3. The van der Waals surface area contributed by atoms with Crippen LogP contribution in [0.3, 0.4) is 0 Å². The third-order valence-electron chi connectivity index (χ3n) is 24.3. The highest BCUT2D eigenvalue weighted by Crippen LogP contribution is 2.31. The predicted octanol–water partition coefficient (Wildman–Crippen LogP) is -2.64. The van der Waals surface area contributed by atoms with Gasteiger partial charge in [0.25, 0.3) is 0 Å². The molecule has 0 bridgehead atoms. The molecule has 12 N–H and O–H groups in total. The fourth-order valence-electron chi connectivity index (χ4n) is 13.4. The van der Waals surface area contributed by atoms with E-state index in [0.29, 0.717) is 288 Å². The molecular weight excluding hydrogens is 1750 g/mol. The lowest BCUT2D eigenvalue weighted by Gasteiger charge is -2.35. The first-order chi connectivity index (χ1) is 64.8. The van der Waals surface area contributed by atoms with Crippen molar-refractivity contribution in [1.29, 1.82) is 0 Å². The molecule has 13 rings (SSSR count). The first kappa shape index (κ1) is 113. The Morgan fingerprint density at radius 1 is 0.256 bits per heavy atom. The van der Waals surface area contributed by atoms with Gasteiger partial charge in [0.05, 0.1) is 321 Å². The molecule has 13 saturated heterocycles. The van der Waals surface area contributed by atoms with E-state index in [-0.39, 0.29) is 146 Å². The highest BCUT2D eigenvalue weighted by molar-refractivity contribution is 4.90. The predicted molar refractivity (Wildman–Crippen MR) is 478 cm³/mol. The van der Waals surface area contributed by atoms with E-state index in [2.05, 4.69) is 22.9 Å². The van der Waals surface area contributed by atoms with Crippen molar-refractivity contribution in [3.05, 3.63) is 0 Å². The van der Waals surface area contributed by atoms with Gasteiger partial charge in [0.15, 0.2) is 0 Å². The lowest BCUT2D eigenvalue weighted by atomic mass is 9.88. The summed E-state index contributed by atoms with van der Waals surface area (Å²) in [5.41, 5.74) is 6.13. The van der Waals surface area contributed by atoms with Gasteiger partial charge in [-0.15, -0.1) is 0 Å². The van der Waals surface area contributed by atoms with Gasteiger partial charge in [-0.1, -0.05) is 41.5 Å². The topological polar surface area (TPSA) is 522 Å². The molecule has 13 heterocycles. The molecule has 18 unspecified atom stereocenters. The molecule has 42 nitrogen and oxygen atoms in total. The lowest BCUT2D eigenvalue weighted by molar-refractivity contribution is -0.160. The van der Waals surface area contributed by atoms with E-state index in [9.17, 15) is 25.5 Å². The number of epoxide rings is 13. The van der Waals surface area contributed by atoms with Crippen LogP contribution >= 0.6 is 0 Å². The molecule has 0 amide bonds. The molecule has 0 aromatic rings. The number of hydrogen-bond donors (Lipinski definition) is 10. The van der Waals surface area contributed by atoms with E-state index in [1.54, 1.807) is 0 Å². The fourth-order valence-corrected chi connectivity index (χ4v) is 13.4. The van der Waals surface area contributed by atoms with Gasteiger partial charge in [0.2, 0.25) is 0 Å². The highest BCUT2D eigenvalue weighted by atomic mass is 16.7. The molecule has 0 aliphatic carbocycles. The van der Waals surface area contributed by atoms with Crippen LogP contribution in [0.5, 0.6) is 0 Å². The number of ether oxygens (including phenoxy) is 31. The molecule has 133 heavy (non-hydrogen) atoms. The van der Waals surface area contributed by atoms with Crippen LogP contribution in [0.15, 0.2) is 0 Å². The SMILES string of the molecule is CCC(COCC1CO1)(COCC1CO1)COCC1CO1.CCC(COCC1CO1)(COCC1CO1)OCC(O)CNCCN(CC(O)COC(CC)(COCC1CO1)COCC1CO1)CC(O)COC(CC)(COCC1CO1)COCC1CO1.CCC(COCC1CO1)(COCC1CO1)OCC(O)CNCCNCC(O)COC(CC)(COCC1CO1)COCC1CO1.NCCN. The second-order valence-corrected chi connectivity index (χ2v) is 37.4. The first-order valence-corrected chi connectivity index (χ1v) is 49.1. The van der Waals surface area contributed by atoms with Crippen LogP contribution in [0.4, 0.5) is 0 Å². The molecule has 780 valence electrons. The van der Waals surface area contributed by atoms with Gasteiger partial charge in [-0.2, -0.15) is 0 Å². The van der Waals surface area contributed by atoms with Gasteiger partial charge < -0.3 is 200 Å². The zero-order chi connectivity index (χ0) is 94.1. The molecule has 0 radical (unpaired) electrons.